The minimum absolute atomic E-state index is 0.0848. The van der Waals surface area contributed by atoms with Crippen LogP contribution in [0.4, 0.5) is 0 Å². The number of carbonyl (C=O) groups excluding carboxylic acids is 1. The zero-order valence-electron chi connectivity index (χ0n) is 8.78. The summed E-state index contributed by atoms with van der Waals surface area (Å²) >= 11 is 0. The topological polar surface area (TPSA) is 66.8 Å². The molecule has 0 aliphatic carbocycles. The van der Waals surface area contributed by atoms with Gasteiger partial charge in [-0.3, -0.25) is 0 Å². The van der Waals surface area contributed by atoms with Gasteiger partial charge in [0.25, 0.3) is 0 Å². The standard InChI is InChI=1S/C11H14O4/c1-7(12)3-4-8-5-9(13)11(14)10(6-8)15-2/h5-6,13-14H,3-4H2,1-2H3. The number of aryl methyl sites for hydroxylation is 1. The average molecular weight is 210 g/mol. The summed E-state index contributed by atoms with van der Waals surface area (Å²) in [5.41, 5.74) is 0.761. The molecule has 0 aliphatic rings. The maximum Gasteiger partial charge on any atom is 0.200 e. The van der Waals surface area contributed by atoms with Crippen LogP contribution in [0.2, 0.25) is 0 Å². The van der Waals surface area contributed by atoms with Gasteiger partial charge in [0.15, 0.2) is 11.5 Å². The SMILES string of the molecule is COc1cc(CCC(C)=O)cc(O)c1O. The van der Waals surface area contributed by atoms with E-state index in [9.17, 15) is 15.0 Å². The van der Waals surface area contributed by atoms with Gasteiger partial charge in [-0.1, -0.05) is 0 Å². The summed E-state index contributed by atoms with van der Waals surface area (Å²) in [5, 5.41) is 18.7. The van der Waals surface area contributed by atoms with Gasteiger partial charge in [0.2, 0.25) is 5.75 Å². The molecule has 1 rings (SSSR count). The largest absolute Gasteiger partial charge is 0.504 e. The molecule has 4 nitrogen and oxygen atoms in total. The average Bonchev–Trinajstić information content (AvgIpc) is 2.19. The van der Waals surface area contributed by atoms with E-state index in [0.717, 1.165) is 5.56 Å². The number of hydrogen-bond acceptors (Lipinski definition) is 4. The first-order valence-corrected chi connectivity index (χ1v) is 4.63. The molecule has 1 aromatic carbocycles. The molecular formula is C11H14O4. The molecule has 0 atom stereocenters. The van der Waals surface area contributed by atoms with Crippen LogP contribution in [0.5, 0.6) is 17.2 Å². The first-order chi connectivity index (χ1) is 7.04. The molecule has 0 saturated heterocycles. The molecule has 0 heterocycles. The zero-order chi connectivity index (χ0) is 11.4. The third-order valence-electron chi connectivity index (χ3n) is 2.10. The van der Waals surface area contributed by atoms with Gasteiger partial charge in [-0.25, -0.2) is 0 Å². The fourth-order valence-corrected chi connectivity index (χ4v) is 1.27. The van der Waals surface area contributed by atoms with E-state index >= 15 is 0 Å². The first-order valence-electron chi connectivity index (χ1n) is 4.63. The Morgan fingerprint density at radius 1 is 1.40 bits per heavy atom. The van der Waals surface area contributed by atoms with E-state index < -0.39 is 0 Å². The van der Waals surface area contributed by atoms with E-state index in [4.69, 9.17) is 4.74 Å². The molecule has 0 saturated carbocycles. The van der Waals surface area contributed by atoms with Crippen molar-refractivity contribution < 1.29 is 19.7 Å². The third kappa shape index (κ3) is 2.87. The molecule has 0 fully saturated rings. The molecule has 0 radical (unpaired) electrons. The summed E-state index contributed by atoms with van der Waals surface area (Å²) < 4.78 is 4.88. The van der Waals surface area contributed by atoms with Crippen molar-refractivity contribution in [2.24, 2.45) is 0 Å². The molecule has 0 unspecified atom stereocenters. The summed E-state index contributed by atoms with van der Waals surface area (Å²) in [6.07, 6.45) is 0.937. The number of ketones is 1. The zero-order valence-corrected chi connectivity index (χ0v) is 8.78. The van der Waals surface area contributed by atoms with Crippen LogP contribution in [0.1, 0.15) is 18.9 Å². The van der Waals surface area contributed by atoms with Gasteiger partial charge in [0.1, 0.15) is 5.78 Å². The van der Waals surface area contributed by atoms with Gasteiger partial charge < -0.3 is 19.7 Å². The molecule has 0 bridgehead atoms. The molecule has 0 aliphatic heterocycles. The van der Waals surface area contributed by atoms with E-state index in [1.807, 2.05) is 0 Å². The minimum atomic E-state index is -0.274. The highest BCUT2D eigenvalue weighted by atomic mass is 16.5. The van der Waals surface area contributed by atoms with E-state index in [-0.39, 0.29) is 23.0 Å². The summed E-state index contributed by atoms with van der Waals surface area (Å²) in [7, 11) is 1.41. The van der Waals surface area contributed by atoms with Crippen molar-refractivity contribution in [2.45, 2.75) is 19.8 Å². The highest BCUT2D eigenvalue weighted by Gasteiger charge is 2.09. The monoisotopic (exact) mass is 210 g/mol. The Balaban J connectivity index is 2.90. The molecule has 15 heavy (non-hydrogen) atoms. The lowest BCUT2D eigenvalue weighted by Crippen LogP contribution is -1.95. The predicted molar refractivity (Wildman–Crippen MR) is 55.3 cm³/mol. The number of methoxy groups -OCH3 is 1. The normalized spacial score (nSPS) is 10.0. The van der Waals surface area contributed by atoms with E-state index in [2.05, 4.69) is 0 Å². The predicted octanol–water partition coefficient (Wildman–Crippen LogP) is 1.63. The van der Waals surface area contributed by atoms with Crippen LogP contribution in [0.15, 0.2) is 12.1 Å². The van der Waals surface area contributed by atoms with Gasteiger partial charge in [-0.05, 0) is 31.0 Å². The Labute approximate surface area is 88.1 Å². The number of ether oxygens (including phenoxy) is 1. The van der Waals surface area contributed by atoms with Crippen LogP contribution >= 0.6 is 0 Å². The Kier molecular flexibility index (Phi) is 3.55. The molecular weight excluding hydrogens is 196 g/mol. The van der Waals surface area contributed by atoms with Crippen LogP contribution in [0, 0.1) is 0 Å². The summed E-state index contributed by atoms with van der Waals surface area (Å²) in [6.45, 7) is 1.51. The lowest BCUT2D eigenvalue weighted by atomic mass is 10.1. The van der Waals surface area contributed by atoms with Crippen LogP contribution in [-0.2, 0) is 11.2 Å². The van der Waals surface area contributed by atoms with Crippen molar-refractivity contribution in [2.75, 3.05) is 7.11 Å². The molecule has 2 N–H and O–H groups in total. The van der Waals surface area contributed by atoms with Gasteiger partial charge in [-0.2, -0.15) is 0 Å². The Morgan fingerprint density at radius 2 is 2.07 bits per heavy atom. The Bertz CT molecular complexity index is 371. The smallest absolute Gasteiger partial charge is 0.200 e. The Morgan fingerprint density at radius 3 is 2.60 bits per heavy atom. The van der Waals surface area contributed by atoms with Crippen LogP contribution in [0.25, 0.3) is 0 Å². The molecule has 82 valence electrons. The van der Waals surface area contributed by atoms with Crippen LogP contribution in [-0.4, -0.2) is 23.1 Å². The maximum absolute atomic E-state index is 10.8. The molecule has 4 heteroatoms. The summed E-state index contributed by atoms with van der Waals surface area (Å²) in [4.78, 5) is 10.8. The molecule has 1 aromatic rings. The second-order valence-corrected chi connectivity index (χ2v) is 3.37. The van der Waals surface area contributed by atoms with Crippen molar-refractivity contribution in [1.82, 2.24) is 0 Å². The molecule has 0 spiro atoms. The third-order valence-corrected chi connectivity index (χ3v) is 2.10. The number of aromatic hydroxyl groups is 2. The number of Topliss-reactive ketones (excluding diaryl/α,β-unsaturated/α-hetero) is 1. The minimum Gasteiger partial charge on any atom is -0.504 e. The highest BCUT2D eigenvalue weighted by Crippen LogP contribution is 2.36. The summed E-state index contributed by atoms with van der Waals surface area (Å²) in [5.74, 6) is -0.202. The number of carbonyl (C=O) groups is 1. The number of phenols is 2. The maximum atomic E-state index is 10.8. The number of rotatable bonds is 4. The Hall–Kier alpha value is -1.71. The van der Waals surface area contributed by atoms with E-state index in [1.54, 1.807) is 6.07 Å². The van der Waals surface area contributed by atoms with Crippen molar-refractivity contribution >= 4 is 5.78 Å². The highest BCUT2D eigenvalue weighted by molar-refractivity contribution is 5.75. The second kappa shape index (κ2) is 4.68. The van der Waals surface area contributed by atoms with Gasteiger partial charge in [0, 0.05) is 6.42 Å². The molecule has 0 aromatic heterocycles. The van der Waals surface area contributed by atoms with Crippen LogP contribution in [0.3, 0.4) is 0 Å². The quantitative estimate of drug-likeness (QED) is 0.741. The number of benzene rings is 1. The van der Waals surface area contributed by atoms with E-state index in [1.165, 1.54) is 20.1 Å². The summed E-state index contributed by atoms with van der Waals surface area (Å²) in [6, 6.07) is 3.04. The van der Waals surface area contributed by atoms with Crippen molar-refractivity contribution in [1.29, 1.82) is 0 Å². The lowest BCUT2D eigenvalue weighted by Gasteiger charge is -2.08. The van der Waals surface area contributed by atoms with E-state index in [0.29, 0.717) is 12.8 Å². The lowest BCUT2D eigenvalue weighted by molar-refractivity contribution is -0.116. The van der Waals surface area contributed by atoms with Crippen molar-refractivity contribution in [3.05, 3.63) is 17.7 Å². The van der Waals surface area contributed by atoms with Gasteiger partial charge in [-0.15, -0.1) is 0 Å². The van der Waals surface area contributed by atoms with Gasteiger partial charge in [0.05, 0.1) is 7.11 Å². The van der Waals surface area contributed by atoms with Crippen molar-refractivity contribution in [3.8, 4) is 17.2 Å². The fraction of sp³-hybridized carbons (Fsp3) is 0.364. The van der Waals surface area contributed by atoms with Gasteiger partial charge >= 0.3 is 0 Å². The van der Waals surface area contributed by atoms with Crippen molar-refractivity contribution in [3.63, 3.8) is 0 Å². The van der Waals surface area contributed by atoms with Crippen LogP contribution < -0.4 is 4.74 Å². The second-order valence-electron chi connectivity index (χ2n) is 3.37. The number of hydrogen-bond donors (Lipinski definition) is 2. The first kappa shape index (κ1) is 11.4. The molecule has 0 amide bonds. The fourth-order valence-electron chi connectivity index (χ4n) is 1.27. The number of phenolic OH excluding ortho intramolecular Hbond substituents is 2.